The number of rotatable bonds is 5. The van der Waals surface area contributed by atoms with Crippen LogP contribution < -0.4 is 0 Å². The maximum absolute atomic E-state index is 14.8. The molecule has 29 heteroatoms. The SMILES string of the molecule is Cc1[nH]ncc1-c1nc2c(Br)cc3[nH]ncc3c2c2c1CCCC2.Cc1[nH]ncc1-c1nc2c(F)cc3[nH]ncc3c2c2c1CCCC2.Cc1[nH]ncc1-c1nc2c(O)cc3[nH]ncc3c2c2c1CCCC2.Cc1[nH]ncc1-c1nc2cc(Br)c3[nH]ncc3c2c2c1CCCC2.Cc1[nH]ncc1-c1nc2ccc3nn(C)c(C)c3c2c2c1CCCC2. The number of phenols is 1. The number of phenolic OH excluding ortho intramolecular Hbond substituents is 1. The third-order valence-electron chi connectivity index (χ3n) is 25.8. The molecule has 5 aliphatic carbocycles. The molecule has 0 radical (unpaired) electrons. The molecular formula is C92H86Br2FN25O. The minimum Gasteiger partial charge on any atom is -0.506 e. The molecule has 0 aliphatic heterocycles. The van der Waals surface area contributed by atoms with Gasteiger partial charge in [-0.25, -0.2) is 29.3 Å². The number of nitrogens with zero attached hydrogens (tertiary/aromatic N) is 16. The van der Waals surface area contributed by atoms with Crippen molar-refractivity contribution >= 4 is 141 Å². The molecule has 0 saturated heterocycles. The summed E-state index contributed by atoms with van der Waals surface area (Å²) in [7, 11) is 2.02. The Hall–Kier alpha value is -12.8. The first-order valence-corrected chi connectivity index (χ1v) is 43.4. The number of halogens is 3. The smallest absolute Gasteiger partial charge is 0.151 e. The van der Waals surface area contributed by atoms with E-state index < -0.39 is 0 Å². The van der Waals surface area contributed by atoms with Crippen LogP contribution in [0, 0.1) is 47.4 Å². The number of benzene rings is 5. The van der Waals surface area contributed by atoms with Crippen molar-refractivity contribution in [2.24, 2.45) is 7.05 Å². The number of aryl methyl sites for hydroxylation is 12. The van der Waals surface area contributed by atoms with Gasteiger partial charge < -0.3 is 5.11 Å². The predicted octanol–water partition coefficient (Wildman–Crippen LogP) is 20.1. The summed E-state index contributed by atoms with van der Waals surface area (Å²) in [5.41, 5.74) is 39.2. The number of nitrogens with one attached hydrogen (secondary N) is 9. The van der Waals surface area contributed by atoms with Crippen LogP contribution in [0.25, 0.3) is 165 Å². The highest BCUT2D eigenvalue weighted by Gasteiger charge is 2.31. The van der Waals surface area contributed by atoms with Crippen molar-refractivity contribution in [2.75, 3.05) is 0 Å². The average molecular weight is 1740 g/mol. The molecule has 121 heavy (non-hydrogen) atoms. The fourth-order valence-corrected chi connectivity index (χ4v) is 20.9. The highest BCUT2D eigenvalue weighted by Crippen LogP contribution is 2.47. The van der Waals surface area contributed by atoms with E-state index in [1.807, 2.05) is 69.0 Å². The van der Waals surface area contributed by atoms with E-state index >= 15 is 0 Å². The number of aromatic nitrogens is 25. The number of hydrogen-bond donors (Lipinski definition) is 10. The molecule has 15 aromatic heterocycles. The topological polar surface area (TPSA) is 361 Å². The Bertz CT molecular complexity index is 7150. The fraction of sp³-hybridized carbons (Fsp3) is 0.293. The zero-order valence-corrected chi connectivity index (χ0v) is 71.2. The Balaban J connectivity index is 0.0000000934. The minimum absolute atomic E-state index is 0.192. The van der Waals surface area contributed by atoms with Gasteiger partial charge in [-0.3, -0.25) is 50.6 Å². The van der Waals surface area contributed by atoms with Crippen LogP contribution in [-0.4, -0.2) is 132 Å². The van der Waals surface area contributed by atoms with E-state index in [0.717, 1.165) is 260 Å². The summed E-state index contributed by atoms with van der Waals surface area (Å²) in [6.45, 7) is 12.3. The first-order valence-electron chi connectivity index (χ1n) is 41.8. The van der Waals surface area contributed by atoms with E-state index in [9.17, 15) is 9.50 Å². The van der Waals surface area contributed by atoms with Crippen LogP contribution in [-0.2, 0) is 71.3 Å². The lowest BCUT2D eigenvalue weighted by molar-refractivity contribution is 0.481. The Kier molecular flexibility index (Phi) is 19.1. The molecule has 5 aromatic carbocycles. The summed E-state index contributed by atoms with van der Waals surface area (Å²) in [5, 5.41) is 91.3. The van der Waals surface area contributed by atoms with E-state index in [-0.39, 0.29) is 11.6 Å². The maximum Gasteiger partial charge on any atom is 0.151 e. The number of fused-ring (bicyclic) bond motifs is 25. The number of pyridine rings is 5. The zero-order chi connectivity index (χ0) is 82.2. The van der Waals surface area contributed by atoms with Crippen LogP contribution in [0.3, 0.4) is 0 Å². The molecule has 0 unspecified atom stereocenters. The van der Waals surface area contributed by atoms with Crippen LogP contribution in [0.2, 0.25) is 0 Å². The van der Waals surface area contributed by atoms with Crippen molar-refractivity contribution in [3.8, 4) is 62.0 Å². The molecule has 606 valence electrons. The molecule has 10 N–H and O–H groups in total. The van der Waals surface area contributed by atoms with Gasteiger partial charge in [0.1, 0.15) is 16.8 Å². The van der Waals surface area contributed by atoms with Gasteiger partial charge in [0.2, 0.25) is 0 Å². The largest absolute Gasteiger partial charge is 0.506 e. The molecule has 0 spiro atoms. The third-order valence-corrected chi connectivity index (χ3v) is 27.0. The lowest BCUT2D eigenvalue weighted by atomic mass is 9.85. The second-order valence-corrected chi connectivity index (χ2v) is 34.6. The van der Waals surface area contributed by atoms with Gasteiger partial charge >= 0.3 is 0 Å². The van der Waals surface area contributed by atoms with E-state index in [1.165, 1.54) is 127 Å². The van der Waals surface area contributed by atoms with Crippen molar-refractivity contribution in [1.29, 1.82) is 0 Å². The van der Waals surface area contributed by atoms with E-state index in [1.54, 1.807) is 18.5 Å². The normalized spacial score (nSPS) is 14.4. The van der Waals surface area contributed by atoms with Crippen molar-refractivity contribution < 1.29 is 9.50 Å². The lowest BCUT2D eigenvalue weighted by Gasteiger charge is -2.22. The Labute approximate surface area is 708 Å². The molecule has 0 amide bonds. The van der Waals surface area contributed by atoms with Gasteiger partial charge in [-0.1, -0.05) is 0 Å². The van der Waals surface area contributed by atoms with Crippen molar-refractivity contribution in [3.63, 3.8) is 0 Å². The summed E-state index contributed by atoms with van der Waals surface area (Å²) < 4.78 is 18.7. The molecule has 15 heterocycles. The number of hydrogen-bond acceptors (Lipinski definition) is 16. The lowest BCUT2D eigenvalue weighted by Crippen LogP contribution is -2.08. The summed E-state index contributed by atoms with van der Waals surface area (Å²) in [4.78, 5) is 24.8. The van der Waals surface area contributed by atoms with Gasteiger partial charge in [0.25, 0.3) is 0 Å². The molecule has 20 aromatic rings. The Morgan fingerprint density at radius 3 is 1.11 bits per heavy atom. The number of aromatic amines is 9. The molecular weight excluding hydrogens is 1650 g/mol. The second-order valence-electron chi connectivity index (χ2n) is 32.9. The van der Waals surface area contributed by atoms with Crippen molar-refractivity contribution in [3.05, 3.63) is 197 Å². The molecule has 0 bridgehead atoms. The molecule has 0 fully saturated rings. The van der Waals surface area contributed by atoms with Crippen molar-refractivity contribution in [1.82, 2.24) is 126 Å². The molecule has 5 aliphatic rings. The Morgan fingerprint density at radius 2 is 0.661 bits per heavy atom. The molecule has 0 saturated carbocycles. The quantitative estimate of drug-likeness (QED) is 0.0765. The third kappa shape index (κ3) is 12.7. The highest BCUT2D eigenvalue weighted by molar-refractivity contribution is 9.11. The zero-order valence-electron chi connectivity index (χ0n) is 68.0. The average Bonchev–Trinajstić information content (AvgIpc) is 1.55. The van der Waals surface area contributed by atoms with Crippen LogP contribution in [0.15, 0.2) is 101 Å². The number of H-pyrrole nitrogens is 9. The van der Waals surface area contributed by atoms with Crippen LogP contribution in [0.5, 0.6) is 5.75 Å². The maximum atomic E-state index is 14.8. The van der Waals surface area contributed by atoms with Gasteiger partial charge in [-0.15, -0.1) is 0 Å². The first kappa shape index (κ1) is 75.7. The van der Waals surface area contributed by atoms with Crippen LogP contribution in [0.1, 0.15) is 154 Å². The molecule has 26 nitrogen and oxygen atoms in total. The highest BCUT2D eigenvalue weighted by atomic mass is 79.9. The summed E-state index contributed by atoms with van der Waals surface area (Å²) in [6, 6.07) is 11.6. The predicted molar refractivity (Wildman–Crippen MR) is 478 cm³/mol. The van der Waals surface area contributed by atoms with Gasteiger partial charge in [0.05, 0.1) is 128 Å². The Morgan fingerprint density at radius 1 is 0.322 bits per heavy atom. The minimum atomic E-state index is -0.308. The summed E-state index contributed by atoms with van der Waals surface area (Å²) in [5.74, 6) is -0.116. The van der Waals surface area contributed by atoms with E-state index in [4.69, 9.17) is 24.9 Å². The fourth-order valence-electron chi connectivity index (χ4n) is 19.9. The van der Waals surface area contributed by atoms with Crippen LogP contribution in [0.4, 0.5) is 4.39 Å². The standard InChI is InChI=1S/C20H21N5.2C18H16BrN5.C18H16FN5.C18H17N5O/c1-11-15(10-21-23-11)20-14-7-5-4-6-13(14)19-16(22-20)8-9-17-18(19)12(2)25(3)24-17;1-9-12(7-20-23-9)17-11-5-3-2-4-10(11)16-13-8-21-24-18(13)14(19)6-15(16)22-17;2*1-9-12(7-20-23-9)17-11-5-3-2-4-10(11)16-13-8-21-24-15(13)6-14(19)18(16)22-17;1-9-12(7-19-22-9)17-11-5-3-2-4-10(11)16-13-8-20-23-14(13)6-15(24)18(16)21-17/h8-10H,4-7H2,1-3H3,(H,21,23);3*6-8H,2-5H2,1H3,(H,20,23)(H,21,24);6-8,24H,2-5H2,1H3,(H,19,22)(H,20,23). The van der Waals surface area contributed by atoms with Gasteiger partial charge in [0, 0.05) is 144 Å². The van der Waals surface area contributed by atoms with Crippen molar-refractivity contribution in [2.45, 2.75) is 170 Å². The van der Waals surface area contributed by atoms with Gasteiger partial charge in [-0.2, -0.15) is 51.0 Å². The summed E-state index contributed by atoms with van der Waals surface area (Å²) in [6.07, 6.45) is 39.1. The molecule has 0 atom stereocenters. The first-order chi connectivity index (χ1) is 59.1. The monoisotopic (exact) mass is 1730 g/mol. The molecule has 25 rings (SSSR count). The second kappa shape index (κ2) is 30.5. The van der Waals surface area contributed by atoms with Crippen LogP contribution >= 0.6 is 31.9 Å². The van der Waals surface area contributed by atoms with E-state index in [2.05, 4.69) is 181 Å². The number of aromatic hydroxyl groups is 1. The van der Waals surface area contributed by atoms with Gasteiger partial charge in [-0.05, 0) is 282 Å². The van der Waals surface area contributed by atoms with E-state index in [0.29, 0.717) is 11.0 Å². The van der Waals surface area contributed by atoms with Gasteiger partial charge in [0.15, 0.2) is 5.82 Å². The summed E-state index contributed by atoms with van der Waals surface area (Å²) >= 11 is 7.36.